The monoisotopic (exact) mass is 625 g/mol. The van der Waals surface area contributed by atoms with E-state index >= 15 is 0 Å². The van der Waals surface area contributed by atoms with Crippen molar-refractivity contribution in [3.63, 3.8) is 0 Å². The van der Waals surface area contributed by atoms with Gasteiger partial charge in [-0.15, -0.1) is 0 Å². The van der Waals surface area contributed by atoms with E-state index in [1.165, 1.54) is 89.9 Å². The Balaban J connectivity index is 4.00. The first-order valence-corrected chi connectivity index (χ1v) is 19.3. The van der Waals surface area contributed by atoms with E-state index in [4.69, 9.17) is 0 Å². The van der Waals surface area contributed by atoms with Crippen molar-refractivity contribution in [3.05, 3.63) is 36.5 Å². The van der Waals surface area contributed by atoms with Gasteiger partial charge in [0, 0.05) is 6.42 Å². The Kier molecular flexibility index (Phi) is 29.6. The summed E-state index contributed by atoms with van der Waals surface area (Å²) in [5.41, 5.74) is 0. The second kappa shape index (κ2) is 30.6. The van der Waals surface area contributed by atoms with Gasteiger partial charge >= 0.3 is 0 Å². The molecule has 0 heterocycles. The molecule has 0 aliphatic carbocycles. The van der Waals surface area contributed by atoms with Gasteiger partial charge in [0.1, 0.15) is 0 Å². The van der Waals surface area contributed by atoms with Gasteiger partial charge in [-0.25, -0.2) is 0 Å². The topological polar surface area (TPSA) is 104 Å². The normalized spacial score (nSPS) is 13.9. The van der Waals surface area contributed by atoms with Crippen LogP contribution in [-0.4, -0.2) is 41.9 Å². The largest absolute Gasteiger partial charge is 0.387 e. The fraction of sp³-hybridized carbons (Fsp3) is 0.806. The molecular formula is C36H67NO5S. The number of carbonyl (C=O) groups is 1. The minimum atomic E-state index is -4.34. The fourth-order valence-corrected chi connectivity index (χ4v) is 5.86. The second-order valence-electron chi connectivity index (χ2n) is 12.1. The van der Waals surface area contributed by atoms with Gasteiger partial charge in [-0.3, -0.25) is 9.35 Å². The molecule has 43 heavy (non-hydrogen) atoms. The Morgan fingerprint density at radius 2 is 1.05 bits per heavy atom. The van der Waals surface area contributed by atoms with E-state index in [-0.39, 0.29) is 12.3 Å². The molecule has 7 heteroatoms. The summed E-state index contributed by atoms with van der Waals surface area (Å²) in [6, 6.07) is -1.06. The standard InChI is InChI=1S/C36H67NO5S/c1-3-5-7-9-11-13-15-16-17-18-19-20-22-24-26-28-30-32-36(39)37-34(33-43(40,41)42)35(38)31-29-27-25-23-21-14-12-10-8-6-4-2/h11,13,16-17,29,31,34-35,38H,3-10,12,14-15,18-28,30,32-33H2,1-2H3,(H,37,39)(H,40,41,42)/b13-11-,17-16-,31-29+. The zero-order valence-electron chi connectivity index (χ0n) is 27.8. The lowest BCUT2D eigenvalue weighted by atomic mass is 10.1. The number of rotatable bonds is 31. The highest BCUT2D eigenvalue weighted by molar-refractivity contribution is 7.85. The molecular weight excluding hydrogens is 558 g/mol. The number of carbonyl (C=O) groups excluding carboxylic acids is 1. The average molecular weight is 626 g/mol. The third-order valence-electron chi connectivity index (χ3n) is 7.81. The third-order valence-corrected chi connectivity index (χ3v) is 8.59. The van der Waals surface area contributed by atoms with Gasteiger partial charge in [0.15, 0.2) is 0 Å². The number of aliphatic hydroxyl groups is 1. The molecule has 0 rings (SSSR count). The van der Waals surface area contributed by atoms with Crippen LogP contribution in [0, 0.1) is 0 Å². The van der Waals surface area contributed by atoms with E-state index in [0.717, 1.165) is 57.8 Å². The van der Waals surface area contributed by atoms with Crippen LogP contribution in [-0.2, 0) is 14.9 Å². The molecule has 6 nitrogen and oxygen atoms in total. The van der Waals surface area contributed by atoms with E-state index in [1.807, 2.05) is 6.08 Å². The highest BCUT2D eigenvalue weighted by atomic mass is 32.2. The van der Waals surface area contributed by atoms with Crippen LogP contribution in [0.4, 0.5) is 0 Å². The van der Waals surface area contributed by atoms with Crippen molar-refractivity contribution < 1.29 is 22.9 Å². The van der Waals surface area contributed by atoms with Crippen molar-refractivity contribution in [1.82, 2.24) is 5.32 Å². The number of allylic oxidation sites excluding steroid dienone is 5. The average Bonchev–Trinajstić information content (AvgIpc) is 2.96. The highest BCUT2D eigenvalue weighted by Gasteiger charge is 2.24. The molecule has 0 saturated carbocycles. The molecule has 252 valence electrons. The smallest absolute Gasteiger partial charge is 0.267 e. The van der Waals surface area contributed by atoms with Crippen LogP contribution >= 0.6 is 0 Å². The molecule has 1 amide bonds. The maximum Gasteiger partial charge on any atom is 0.267 e. The van der Waals surface area contributed by atoms with E-state index in [1.54, 1.807) is 6.08 Å². The van der Waals surface area contributed by atoms with Crippen LogP contribution in [0.15, 0.2) is 36.5 Å². The Morgan fingerprint density at radius 3 is 1.56 bits per heavy atom. The lowest BCUT2D eigenvalue weighted by molar-refractivity contribution is -0.122. The summed E-state index contributed by atoms with van der Waals surface area (Å²) >= 11 is 0. The van der Waals surface area contributed by atoms with Gasteiger partial charge in [0.05, 0.1) is 17.9 Å². The molecule has 0 bridgehead atoms. The van der Waals surface area contributed by atoms with Crippen LogP contribution in [0.25, 0.3) is 0 Å². The molecule has 0 spiro atoms. The molecule has 0 aromatic rings. The second-order valence-corrected chi connectivity index (χ2v) is 13.6. The predicted molar refractivity (Wildman–Crippen MR) is 184 cm³/mol. The molecule has 2 unspecified atom stereocenters. The van der Waals surface area contributed by atoms with E-state index in [0.29, 0.717) is 0 Å². The molecule has 0 fully saturated rings. The molecule has 0 saturated heterocycles. The minimum absolute atomic E-state index is 0.286. The van der Waals surface area contributed by atoms with Crippen LogP contribution in [0.3, 0.4) is 0 Å². The number of nitrogens with one attached hydrogen (secondary N) is 1. The minimum Gasteiger partial charge on any atom is -0.387 e. The number of amides is 1. The summed E-state index contributed by atoms with van der Waals surface area (Å²) in [7, 11) is -4.34. The van der Waals surface area contributed by atoms with Crippen molar-refractivity contribution in [2.45, 2.75) is 180 Å². The number of hydrogen-bond donors (Lipinski definition) is 3. The van der Waals surface area contributed by atoms with Crippen LogP contribution in [0.5, 0.6) is 0 Å². The van der Waals surface area contributed by atoms with Crippen molar-refractivity contribution in [2.24, 2.45) is 0 Å². The van der Waals surface area contributed by atoms with Gasteiger partial charge in [-0.05, 0) is 51.4 Å². The van der Waals surface area contributed by atoms with Gasteiger partial charge in [-0.2, -0.15) is 8.42 Å². The summed E-state index contributed by atoms with van der Waals surface area (Å²) in [6.07, 6.45) is 38.3. The van der Waals surface area contributed by atoms with Gasteiger partial charge < -0.3 is 10.4 Å². The third kappa shape index (κ3) is 31.8. The fourth-order valence-electron chi connectivity index (χ4n) is 5.12. The molecule has 0 aromatic carbocycles. The lowest BCUT2D eigenvalue weighted by Crippen LogP contribution is -2.46. The highest BCUT2D eigenvalue weighted by Crippen LogP contribution is 2.13. The number of unbranched alkanes of at least 4 members (excludes halogenated alkanes) is 19. The molecule has 0 aliphatic rings. The van der Waals surface area contributed by atoms with Crippen molar-refractivity contribution >= 4 is 16.0 Å². The van der Waals surface area contributed by atoms with E-state index in [9.17, 15) is 22.9 Å². The Morgan fingerprint density at radius 1 is 0.628 bits per heavy atom. The summed E-state index contributed by atoms with van der Waals surface area (Å²) < 4.78 is 32.3. The van der Waals surface area contributed by atoms with Crippen LogP contribution < -0.4 is 5.32 Å². The van der Waals surface area contributed by atoms with Crippen molar-refractivity contribution in [2.75, 3.05) is 5.75 Å². The summed E-state index contributed by atoms with van der Waals surface area (Å²) in [5.74, 6) is -0.990. The summed E-state index contributed by atoms with van der Waals surface area (Å²) in [6.45, 7) is 4.46. The predicted octanol–water partition coefficient (Wildman–Crippen LogP) is 9.79. The SMILES string of the molecule is CCCCC/C=C\C/C=C\CCCCCCCCCC(=O)NC(CS(=O)(=O)O)C(O)/C=C/CCCCCCCCCCC. The maximum absolute atomic E-state index is 12.4. The summed E-state index contributed by atoms with van der Waals surface area (Å²) in [4.78, 5) is 12.4. The van der Waals surface area contributed by atoms with Gasteiger partial charge in [0.25, 0.3) is 10.1 Å². The molecule has 0 aromatic heterocycles. The van der Waals surface area contributed by atoms with Crippen molar-refractivity contribution in [3.8, 4) is 0 Å². The van der Waals surface area contributed by atoms with Crippen LogP contribution in [0.2, 0.25) is 0 Å². The van der Waals surface area contributed by atoms with Gasteiger partial charge in [0.2, 0.25) is 5.91 Å². The first kappa shape index (κ1) is 41.6. The number of hydrogen-bond acceptors (Lipinski definition) is 4. The quantitative estimate of drug-likeness (QED) is 0.0404. The van der Waals surface area contributed by atoms with E-state index < -0.39 is 28.0 Å². The zero-order valence-corrected chi connectivity index (χ0v) is 28.6. The maximum atomic E-state index is 12.4. The zero-order chi connectivity index (χ0) is 31.9. The number of aliphatic hydroxyl groups excluding tert-OH is 1. The molecule has 0 aliphatic heterocycles. The van der Waals surface area contributed by atoms with Crippen molar-refractivity contribution in [1.29, 1.82) is 0 Å². The van der Waals surface area contributed by atoms with E-state index in [2.05, 4.69) is 43.5 Å². The lowest BCUT2D eigenvalue weighted by Gasteiger charge is -2.21. The Labute approximate surface area is 266 Å². The molecule has 0 radical (unpaired) electrons. The Bertz CT molecular complexity index is 821. The Hall–Kier alpha value is -1.44. The first-order valence-electron chi connectivity index (χ1n) is 17.7. The van der Waals surface area contributed by atoms with Gasteiger partial charge in [-0.1, -0.05) is 147 Å². The first-order chi connectivity index (χ1) is 20.8. The summed E-state index contributed by atoms with van der Waals surface area (Å²) in [5, 5.41) is 13.1. The molecule has 3 N–H and O–H groups in total. The molecule has 2 atom stereocenters. The van der Waals surface area contributed by atoms with Crippen LogP contribution in [0.1, 0.15) is 168 Å².